The molecule has 1 aromatic heterocycles. The smallest absolute Gasteiger partial charge is 0.359 e. The van der Waals surface area contributed by atoms with Crippen LogP contribution in [0.5, 0.6) is 0 Å². The van der Waals surface area contributed by atoms with Crippen LogP contribution in [0.4, 0.5) is 13.2 Å². The summed E-state index contributed by atoms with van der Waals surface area (Å²) < 4.78 is 44.3. The fourth-order valence-electron chi connectivity index (χ4n) is 2.93. The second-order valence-electron chi connectivity index (χ2n) is 6.02. The van der Waals surface area contributed by atoms with Crippen molar-refractivity contribution in [2.75, 3.05) is 0 Å². The van der Waals surface area contributed by atoms with E-state index >= 15 is 0 Å². The van der Waals surface area contributed by atoms with Crippen LogP contribution in [0.25, 0.3) is 11.3 Å². The van der Waals surface area contributed by atoms with Crippen molar-refractivity contribution in [2.24, 2.45) is 0 Å². The molecule has 0 radical (unpaired) electrons. The van der Waals surface area contributed by atoms with Gasteiger partial charge in [0.15, 0.2) is 5.69 Å². The largest absolute Gasteiger partial charge is 0.416 e. The van der Waals surface area contributed by atoms with Crippen molar-refractivity contribution in [2.45, 2.75) is 18.4 Å². The van der Waals surface area contributed by atoms with Crippen LogP contribution in [0.2, 0.25) is 5.02 Å². The van der Waals surface area contributed by atoms with Crippen molar-refractivity contribution in [3.05, 3.63) is 69.9 Å². The van der Waals surface area contributed by atoms with E-state index in [-0.39, 0.29) is 5.69 Å². The molecule has 1 aliphatic rings. The number of hydrogen-bond acceptors (Lipinski definition) is 4. The lowest BCUT2D eigenvalue weighted by Crippen LogP contribution is -2.05. The van der Waals surface area contributed by atoms with Crippen LogP contribution < -0.4 is 0 Å². The zero-order valence-corrected chi connectivity index (χ0v) is 14.2. The van der Waals surface area contributed by atoms with E-state index in [1.54, 1.807) is 24.3 Å². The van der Waals surface area contributed by atoms with E-state index in [1.165, 1.54) is 6.07 Å². The Morgan fingerprint density at radius 3 is 2.63 bits per heavy atom. The van der Waals surface area contributed by atoms with Gasteiger partial charge in [-0.3, -0.25) is 0 Å². The van der Waals surface area contributed by atoms with Crippen molar-refractivity contribution in [3.63, 3.8) is 0 Å². The summed E-state index contributed by atoms with van der Waals surface area (Å²) in [6.07, 6.45) is -5.33. The molecule has 1 N–H and O–H groups in total. The van der Waals surface area contributed by atoms with Crippen LogP contribution >= 0.6 is 11.6 Å². The number of rotatable bonds is 3. The van der Waals surface area contributed by atoms with Crippen molar-refractivity contribution in [1.29, 1.82) is 5.26 Å². The van der Waals surface area contributed by atoms with Gasteiger partial charge in [0.1, 0.15) is 24.0 Å². The number of aromatic amines is 1. The molecule has 2 aromatic carbocycles. The summed E-state index contributed by atoms with van der Waals surface area (Å²) in [5.74, 6) is 0. The molecule has 2 atom stereocenters. The first-order chi connectivity index (χ1) is 12.9. The Kier molecular flexibility index (Phi) is 4.13. The normalized spacial score (nSPS) is 18.9. The highest BCUT2D eigenvalue weighted by molar-refractivity contribution is 6.31. The number of hydrogen-bond donors (Lipinski definition) is 1. The fraction of sp³-hybridized carbons (Fsp3) is 0.167. The van der Waals surface area contributed by atoms with Crippen LogP contribution in [-0.4, -0.2) is 15.4 Å². The highest BCUT2D eigenvalue weighted by atomic mass is 35.5. The SMILES string of the molecule is N#Cc1[nH]nnc1-c1cc(Cl)cc(C2OC2c2cccc(C(F)(F)F)c2)c1. The molecule has 0 aliphatic carbocycles. The molecule has 0 saturated carbocycles. The number of nitrogens with zero attached hydrogens (tertiary/aromatic N) is 3. The monoisotopic (exact) mass is 390 g/mol. The van der Waals surface area contributed by atoms with Gasteiger partial charge in [-0.1, -0.05) is 28.9 Å². The second-order valence-corrected chi connectivity index (χ2v) is 6.46. The third kappa shape index (κ3) is 3.39. The minimum Gasteiger partial charge on any atom is -0.359 e. The molecule has 4 rings (SSSR count). The minimum absolute atomic E-state index is 0.189. The minimum atomic E-state index is -4.41. The van der Waals surface area contributed by atoms with Crippen molar-refractivity contribution in [3.8, 4) is 17.3 Å². The van der Waals surface area contributed by atoms with Crippen LogP contribution in [0.1, 0.15) is 34.6 Å². The first-order valence-electron chi connectivity index (χ1n) is 7.81. The van der Waals surface area contributed by atoms with Gasteiger partial charge < -0.3 is 4.74 Å². The van der Waals surface area contributed by atoms with Gasteiger partial charge in [0, 0.05) is 10.6 Å². The molecule has 136 valence electrons. The molecule has 0 amide bonds. The van der Waals surface area contributed by atoms with Gasteiger partial charge in [0.2, 0.25) is 0 Å². The van der Waals surface area contributed by atoms with Crippen molar-refractivity contribution >= 4 is 11.6 Å². The van der Waals surface area contributed by atoms with E-state index in [0.29, 0.717) is 27.4 Å². The third-order valence-electron chi connectivity index (χ3n) is 4.22. The summed E-state index contributed by atoms with van der Waals surface area (Å²) in [6, 6.07) is 12.1. The van der Waals surface area contributed by atoms with Gasteiger partial charge >= 0.3 is 6.18 Å². The number of nitrogens with one attached hydrogen (secondary N) is 1. The van der Waals surface area contributed by atoms with Crippen molar-refractivity contribution in [1.82, 2.24) is 15.4 Å². The summed E-state index contributed by atoms with van der Waals surface area (Å²) in [4.78, 5) is 0. The van der Waals surface area contributed by atoms with Gasteiger partial charge in [0.05, 0.1) is 5.56 Å². The Morgan fingerprint density at radius 1 is 1.11 bits per heavy atom. The zero-order valence-electron chi connectivity index (χ0n) is 13.5. The highest BCUT2D eigenvalue weighted by Crippen LogP contribution is 2.52. The van der Waals surface area contributed by atoms with Crippen LogP contribution in [-0.2, 0) is 10.9 Å². The predicted molar refractivity (Wildman–Crippen MR) is 89.6 cm³/mol. The van der Waals surface area contributed by atoms with Gasteiger partial charge in [-0.05, 0) is 41.5 Å². The van der Waals surface area contributed by atoms with Crippen LogP contribution in [0.3, 0.4) is 0 Å². The molecule has 2 heterocycles. The number of epoxide rings is 1. The Labute approximate surface area is 156 Å². The summed E-state index contributed by atoms with van der Waals surface area (Å²) in [5.41, 5.74) is 1.51. The summed E-state index contributed by atoms with van der Waals surface area (Å²) in [6.45, 7) is 0. The molecule has 0 spiro atoms. The van der Waals surface area contributed by atoms with E-state index in [4.69, 9.17) is 21.6 Å². The molecule has 5 nitrogen and oxygen atoms in total. The number of aromatic nitrogens is 3. The lowest BCUT2D eigenvalue weighted by molar-refractivity contribution is -0.137. The molecule has 9 heteroatoms. The Morgan fingerprint density at radius 2 is 1.89 bits per heavy atom. The molecular formula is C18H10ClF3N4O. The van der Waals surface area contributed by atoms with E-state index in [1.807, 2.05) is 6.07 Å². The van der Waals surface area contributed by atoms with Crippen LogP contribution in [0.15, 0.2) is 42.5 Å². The Bertz CT molecular complexity index is 1060. The Hall–Kier alpha value is -2.89. The fourth-order valence-corrected chi connectivity index (χ4v) is 3.18. The third-order valence-corrected chi connectivity index (χ3v) is 4.43. The molecule has 27 heavy (non-hydrogen) atoms. The quantitative estimate of drug-likeness (QED) is 0.650. The maximum Gasteiger partial charge on any atom is 0.416 e. The maximum absolute atomic E-state index is 12.9. The maximum atomic E-state index is 12.9. The number of halogens is 4. The van der Waals surface area contributed by atoms with Gasteiger partial charge in [-0.15, -0.1) is 5.10 Å². The molecule has 1 fully saturated rings. The molecule has 3 aromatic rings. The molecule has 0 bridgehead atoms. The number of nitriles is 1. The summed E-state index contributed by atoms with van der Waals surface area (Å²) in [7, 11) is 0. The molecule has 1 aliphatic heterocycles. The number of H-pyrrole nitrogens is 1. The zero-order chi connectivity index (χ0) is 19.2. The van der Waals surface area contributed by atoms with Gasteiger partial charge in [-0.25, -0.2) is 5.10 Å². The average Bonchev–Trinajstić information content (AvgIpc) is 3.29. The molecule has 2 unspecified atom stereocenters. The van der Waals surface area contributed by atoms with E-state index in [0.717, 1.165) is 12.1 Å². The lowest BCUT2D eigenvalue weighted by Gasteiger charge is -2.07. The lowest BCUT2D eigenvalue weighted by atomic mass is 10.00. The summed E-state index contributed by atoms with van der Waals surface area (Å²) in [5, 5.41) is 19.5. The highest BCUT2D eigenvalue weighted by Gasteiger charge is 2.43. The summed E-state index contributed by atoms with van der Waals surface area (Å²) >= 11 is 6.17. The van der Waals surface area contributed by atoms with E-state index < -0.39 is 23.9 Å². The molecule has 1 saturated heterocycles. The van der Waals surface area contributed by atoms with Crippen molar-refractivity contribution < 1.29 is 17.9 Å². The number of alkyl halides is 3. The topological polar surface area (TPSA) is 77.9 Å². The number of benzene rings is 2. The standard InChI is InChI=1S/C18H10ClF3N4O/c19-13-6-10(15-14(8-23)24-26-25-15)4-11(7-13)17-16(27-17)9-2-1-3-12(5-9)18(20,21)22/h1-7,16-17H,(H,24,25,26). The average molecular weight is 391 g/mol. The Balaban J connectivity index is 1.64. The second kappa shape index (κ2) is 6.37. The first-order valence-corrected chi connectivity index (χ1v) is 8.19. The van der Waals surface area contributed by atoms with Crippen LogP contribution in [0, 0.1) is 11.3 Å². The number of ether oxygens (including phenoxy) is 1. The molecular weight excluding hydrogens is 381 g/mol. The van der Waals surface area contributed by atoms with E-state index in [2.05, 4.69) is 15.4 Å². The first kappa shape index (κ1) is 17.5. The van der Waals surface area contributed by atoms with E-state index in [9.17, 15) is 13.2 Å². The predicted octanol–water partition coefficient (Wildman–Crippen LogP) is 4.83. The van der Waals surface area contributed by atoms with Gasteiger partial charge in [0.25, 0.3) is 0 Å². The van der Waals surface area contributed by atoms with Gasteiger partial charge in [-0.2, -0.15) is 18.4 Å².